The average Bonchev–Trinajstić information content (AvgIpc) is 3.08. The van der Waals surface area contributed by atoms with Crippen molar-refractivity contribution in [1.82, 2.24) is 34.7 Å². The SMILES string of the molecule is CCN(SC)c1c(Nc2nc(Nc3cc(C)c(N4CCC(N5CCN(C)CC5)CC4)nc3OC)ncc2C)ccc2nccnc12. The van der Waals surface area contributed by atoms with E-state index in [1.807, 2.05) is 25.3 Å². The first-order chi connectivity index (χ1) is 22.4. The molecular formula is C33H45N11OS. The quantitative estimate of drug-likeness (QED) is 0.220. The van der Waals surface area contributed by atoms with Gasteiger partial charge in [-0.05, 0) is 64.4 Å². The molecule has 0 unspecified atom stereocenters. The van der Waals surface area contributed by atoms with Gasteiger partial charge in [-0.3, -0.25) is 14.9 Å². The van der Waals surface area contributed by atoms with Crippen LogP contribution in [0, 0.1) is 13.8 Å². The summed E-state index contributed by atoms with van der Waals surface area (Å²) in [5.41, 5.74) is 6.28. The fraction of sp³-hybridized carbons (Fsp3) is 0.485. The van der Waals surface area contributed by atoms with Crippen LogP contribution in [-0.4, -0.2) is 107 Å². The number of aromatic nitrogens is 5. The Bertz CT molecular complexity index is 1650. The van der Waals surface area contributed by atoms with Crippen molar-refractivity contribution in [3.8, 4) is 5.88 Å². The van der Waals surface area contributed by atoms with E-state index in [2.05, 4.69) is 77.8 Å². The monoisotopic (exact) mass is 643 g/mol. The van der Waals surface area contributed by atoms with Gasteiger partial charge in [0, 0.05) is 82.3 Å². The average molecular weight is 644 g/mol. The van der Waals surface area contributed by atoms with Gasteiger partial charge in [0.15, 0.2) is 0 Å². The lowest BCUT2D eigenvalue weighted by molar-refractivity contribution is 0.0981. The highest BCUT2D eigenvalue weighted by atomic mass is 32.2. The number of piperazine rings is 1. The molecule has 0 amide bonds. The molecule has 4 aromatic rings. The Labute approximate surface area is 276 Å². The highest BCUT2D eigenvalue weighted by molar-refractivity contribution is 8.00. The van der Waals surface area contributed by atoms with Gasteiger partial charge >= 0.3 is 0 Å². The third-order valence-electron chi connectivity index (χ3n) is 9.01. The summed E-state index contributed by atoms with van der Waals surface area (Å²) >= 11 is 1.65. The van der Waals surface area contributed by atoms with Crippen molar-refractivity contribution in [1.29, 1.82) is 0 Å². The summed E-state index contributed by atoms with van der Waals surface area (Å²) in [7, 11) is 3.87. The van der Waals surface area contributed by atoms with Gasteiger partial charge in [-0.15, -0.1) is 0 Å². The Balaban J connectivity index is 1.20. The predicted molar refractivity (Wildman–Crippen MR) is 189 cm³/mol. The standard InChI is InChI=1S/C33H45N11OS/c1-7-44(46-6)29-26(9-8-25-28(29)35-13-12-34-25)37-30-23(3)21-36-33(39-30)38-27-20-22(2)31(40-32(27)45-5)43-14-10-24(11-15-43)42-18-16-41(4)17-19-42/h8-9,12-13,20-21,24H,7,10-11,14-19H2,1-6H3,(H2,36,37,38,39). The minimum atomic E-state index is 0.452. The summed E-state index contributed by atoms with van der Waals surface area (Å²) in [6.45, 7) is 13.7. The third-order valence-corrected chi connectivity index (χ3v) is 9.89. The molecule has 2 aliphatic rings. The van der Waals surface area contributed by atoms with Crippen LogP contribution in [0.25, 0.3) is 11.0 Å². The smallest absolute Gasteiger partial charge is 0.239 e. The lowest BCUT2D eigenvalue weighted by Gasteiger charge is -2.42. The maximum Gasteiger partial charge on any atom is 0.239 e. The molecule has 0 saturated carbocycles. The second kappa shape index (κ2) is 14.2. The van der Waals surface area contributed by atoms with Crippen LogP contribution in [-0.2, 0) is 0 Å². The molecule has 2 saturated heterocycles. The number of pyridine rings is 1. The number of nitrogens with one attached hydrogen (secondary N) is 2. The van der Waals surface area contributed by atoms with Crippen LogP contribution in [0.4, 0.5) is 34.6 Å². The Morgan fingerprint density at radius 2 is 1.70 bits per heavy atom. The Morgan fingerprint density at radius 1 is 0.935 bits per heavy atom. The largest absolute Gasteiger partial charge is 0.479 e. The van der Waals surface area contributed by atoms with Crippen molar-refractivity contribution in [3.05, 3.63) is 47.9 Å². The number of hydrogen-bond donors (Lipinski definition) is 2. The van der Waals surface area contributed by atoms with Crippen molar-refractivity contribution >= 4 is 57.6 Å². The van der Waals surface area contributed by atoms with Crippen LogP contribution in [0.15, 0.2) is 36.8 Å². The number of benzene rings is 1. The zero-order valence-corrected chi connectivity index (χ0v) is 28.6. The van der Waals surface area contributed by atoms with E-state index in [1.165, 1.54) is 0 Å². The van der Waals surface area contributed by atoms with Crippen LogP contribution in [0.1, 0.15) is 30.9 Å². The highest BCUT2D eigenvalue weighted by Crippen LogP contribution is 2.38. The fourth-order valence-corrected chi connectivity index (χ4v) is 7.04. The lowest BCUT2D eigenvalue weighted by Crippen LogP contribution is -2.52. The number of hydrogen-bond acceptors (Lipinski definition) is 13. The molecule has 13 heteroatoms. The lowest BCUT2D eigenvalue weighted by atomic mass is 10.0. The van der Waals surface area contributed by atoms with E-state index >= 15 is 0 Å². The van der Waals surface area contributed by atoms with Crippen molar-refractivity contribution in [2.24, 2.45) is 0 Å². The molecule has 0 aliphatic carbocycles. The first kappa shape index (κ1) is 32.0. The number of aryl methyl sites for hydroxylation is 2. The van der Waals surface area contributed by atoms with E-state index in [1.54, 1.807) is 31.5 Å². The molecule has 0 bridgehead atoms. The van der Waals surface area contributed by atoms with Crippen molar-refractivity contribution in [3.63, 3.8) is 0 Å². The molecule has 0 radical (unpaired) electrons. The molecule has 3 aromatic heterocycles. The van der Waals surface area contributed by atoms with E-state index in [0.717, 1.165) is 104 Å². The molecule has 0 atom stereocenters. The van der Waals surface area contributed by atoms with Crippen molar-refractivity contribution in [2.75, 3.05) is 86.1 Å². The van der Waals surface area contributed by atoms with Gasteiger partial charge in [0.2, 0.25) is 11.8 Å². The molecule has 12 nitrogen and oxygen atoms in total. The highest BCUT2D eigenvalue weighted by Gasteiger charge is 2.28. The molecule has 6 rings (SSSR count). The molecule has 46 heavy (non-hydrogen) atoms. The van der Waals surface area contributed by atoms with E-state index in [0.29, 0.717) is 23.7 Å². The van der Waals surface area contributed by atoms with Crippen molar-refractivity contribution in [2.45, 2.75) is 39.7 Å². The van der Waals surface area contributed by atoms with Gasteiger partial charge in [0.05, 0.1) is 24.0 Å². The second-order valence-corrected chi connectivity index (χ2v) is 12.8. The zero-order chi connectivity index (χ0) is 32.2. The molecule has 2 aliphatic heterocycles. The van der Waals surface area contributed by atoms with Crippen LogP contribution < -0.4 is 24.6 Å². The maximum absolute atomic E-state index is 5.78. The predicted octanol–water partition coefficient (Wildman–Crippen LogP) is 5.25. The normalized spacial score (nSPS) is 16.5. The number of likely N-dealkylation sites (N-methyl/N-ethyl adjacent to an activating group) is 1. The molecule has 2 N–H and O–H groups in total. The summed E-state index contributed by atoms with van der Waals surface area (Å²) in [6, 6.07) is 6.75. The maximum atomic E-state index is 5.78. The first-order valence-corrected chi connectivity index (χ1v) is 17.2. The Hall–Kier alpha value is -3.94. The van der Waals surface area contributed by atoms with E-state index in [9.17, 15) is 0 Å². The molecular weight excluding hydrogens is 599 g/mol. The Kier molecular flexibility index (Phi) is 9.90. The molecule has 244 valence electrons. The van der Waals surface area contributed by atoms with Crippen LogP contribution >= 0.6 is 11.9 Å². The summed E-state index contributed by atoms with van der Waals surface area (Å²) in [5, 5.41) is 6.93. The van der Waals surface area contributed by atoms with Gasteiger partial charge in [-0.25, -0.2) is 4.98 Å². The summed E-state index contributed by atoms with van der Waals surface area (Å²) in [4.78, 5) is 31.1. The number of anilines is 6. The van der Waals surface area contributed by atoms with Gasteiger partial charge in [-0.1, -0.05) is 11.9 Å². The van der Waals surface area contributed by atoms with Crippen LogP contribution in [0.2, 0.25) is 0 Å². The van der Waals surface area contributed by atoms with Gasteiger partial charge in [-0.2, -0.15) is 9.97 Å². The number of fused-ring (bicyclic) bond motifs is 1. The van der Waals surface area contributed by atoms with E-state index < -0.39 is 0 Å². The van der Waals surface area contributed by atoms with Gasteiger partial charge in [0.25, 0.3) is 0 Å². The number of rotatable bonds is 10. The number of ether oxygens (including phenoxy) is 1. The van der Waals surface area contributed by atoms with Gasteiger partial charge < -0.3 is 29.5 Å². The minimum absolute atomic E-state index is 0.452. The first-order valence-electron chi connectivity index (χ1n) is 16.0. The minimum Gasteiger partial charge on any atom is -0.479 e. The van der Waals surface area contributed by atoms with E-state index in [4.69, 9.17) is 14.7 Å². The molecule has 1 aromatic carbocycles. The zero-order valence-electron chi connectivity index (χ0n) is 27.7. The van der Waals surface area contributed by atoms with Crippen molar-refractivity contribution < 1.29 is 4.74 Å². The van der Waals surface area contributed by atoms with Crippen LogP contribution in [0.5, 0.6) is 5.88 Å². The fourth-order valence-electron chi connectivity index (χ4n) is 6.41. The van der Waals surface area contributed by atoms with Gasteiger partial charge in [0.1, 0.15) is 22.8 Å². The molecule has 5 heterocycles. The summed E-state index contributed by atoms with van der Waals surface area (Å²) in [6.07, 6.45) is 9.63. The Morgan fingerprint density at radius 3 is 2.41 bits per heavy atom. The topological polar surface area (TPSA) is 111 Å². The summed E-state index contributed by atoms with van der Waals surface area (Å²) in [5.74, 6) is 2.65. The van der Waals surface area contributed by atoms with E-state index in [-0.39, 0.29) is 0 Å². The van der Waals surface area contributed by atoms with Crippen LogP contribution in [0.3, 0.4) is 0 Å². The number of nitrogens with zero attached hydrogens (tertiary/aromatic N) is 9. The molecule has 2 fully saturated rings. The number of piperidine rings is 1. The second-order valence-electron chi connectivity index (χ2n) is 12.0. The summed E-state index contributed by atoms with van der Waals surface area (Å²) < 4.78 is 7.98. The third kappa shape index (κ3) is 6.76. The molecule has 0 spiro atoms. The number of methoxy groups -OCH3 is 1.